The van der Waals surface area contributed by atoms with Gasteiger partial charge < -0.3 is 24.9 Å². The first-order chi connectivity index (χ1) is 9.22. The Bertz CT molecular complexity index is 621. The molecule has 0 saturated heterocycles. The molecule has 0 fully saturated rings. The maximum atomic E-state index is 11.7. The topological polar surface area (TPSA) is 86.7 Å². The lowest BCUT2D eigenvalue weighted by atomic mass is 10.2. The van der Waals surface area contributed by atoms with Crippen molar-refractivity contribution < 1.29 is 18.7 Å². The molecule has 3 rings (SSSR count). The van der Waals surface area contributed by atoms with Crippen molar-refractivity contribution in [3.63, 3.8) is 0 Å². The summed E-state index contributed by atoms with van der Waals surface area (Å²) in [5, 5.41) is 2.74. The summed E-state index contributed by atoms with van der Waals surface area (Å²) in [6, 6.07) is 8.58. The number of nitrogens with two attached hydrogens (primary N) is 1. The molecule has 1 aromatic heterocycles. The van der Waals surface area contributed by atoms with Crippen LogP contribution in [-0.2, 0) is 6.54 Å². The van der Waals surface area contributed by atoms with Gasteiger partial charge in [0.05, 0.1) is 0 Å². The minimum absolute atomic E-state index is 0.193. The van der Waals surface area contributed by atoms with Gasteiger partial charge in [-0.3, -0.25) is 4.79 Å². The Morgan fingerprint density at radius 1 is 1.21 bits per heavy atom. The van der Waals surface area contributed by atoms with Gasteiger partial charge in [-0.05, 0) is 23.8 Å². The second-order valence-corrected chi connectivity index (χ2v) is 4.07. The molecule has 3 N–H and O–H groups in total. The number of nitrogens with one attached hydrogen (secondary N) is 1. The SMILES string of the molecule is Nc1ccc(C(=O)NCc2ccc3c(c2)OCO3)o1. The quantitative estimate of drug-likeness (QED) is 0.873. The standard InChI is InChI=1S/C13H12N2O4/c14-12-4-3-10(19-12)13(16)15-6-8-1-2-9-11(5-8)18-7-17-9/h1-5H,6-7,14H2,(H,15,16). The molecule has 2 aromatic rings. The van der Waals surface area contributed by atoms with Gasteiger partial charge in [-0.2, -0.15) is 0 Å². The number of ether oxygens (including phenoxy) is 2. The van der Waals surface area contributed by atoms with Crippen LogP contribution < -0.4 is 20.5 Å². The van der Waals surface area contributed by atoms with Crippen molar-refractivity contribution in [2.45, 2.75) is 6.54 Å². The van der Waals surface area contributed by atoms with Gasteiger partial charge in [-0.25, -0.2) is 0 Å². The zero-order chi connectivity index (χ0) is 13.2. The number of fused-ring (bicyclic) bond motifs is 1. The fraction of sp³-hybridized carbons (Fsp3) is 0.154. The molecule has 0 saturated carbocycles. The highest BCUT2D eigenvalue weighted by molar-refractivity contribution is 5.91. The number of anilines is 1. The van der Waals surface area contributed by atoms with Gasteiger partial charge in [0.15, 0.2) is 23.1 Å². The van der Waals surface area contributed by atoms with Crippen LogP contribution in [0, 0.1) is 0 Å². The Balaban J connectivity index is 1.64. The van der Waals surface area contributed by atoms with Crippen LogP contribution in [0.25, 0.3) is 0 Å². The fourth-order valence-electron chi connectivity index (χ4n) is 1.80. The number of hydrogen-bond donors (Lipinski definition) is 2. The van der Waals surface area contributed by atoms with E-state index in [9.17, 15) is 4.79 Å². The third kappa shape index (κ3) is 2.33. The monoisotopic (exact) mass is 260 g/mol. The number of rotatable bonds is 3. The van der Waals surface area contributed by atoms with Crippen molar-refractivity contribution in [1.82, 2.24) is 5.32 Å². The predicted molar refractivity (Wildman–Crippen MR) is 66.9 cm³/mol. The minimum Gasteiger partial charge on any atom is -0.454 e. The normalized spacial score (nSPS) is 12.4. The summed E-state index contributed by atoms with van der Waals surface area (Å²) in [5.41, 5.74) is 6.32. The number of nitrogen functional groups attached to an aromatic ring is 1. The van der Waals surface area contributed by atoms with E-state index in [0.717, 1.165) is 5.56 Å². The highest BCUT2D eigenvalue weighted by Gasteiger charge is 2.14. The van der Waals surface area contributed by atoms with Gasteiger partial charge in [0.1, 0.15) is 0 Å². The molecule has 0 radical (unpaired) electrons. The summed E-state index contributed by atoms with van der Waals surface area (Å²) in [4.78, 5) is 11.7. The number of carbonyl (C=O) groups is 1. The molecule has 19 heavy (non-hydrogen) atoms. The van der Waals surface area contributed by atoms with E-state index in [1.165, 1.54) is 12.1 Å². The highest BCUT2D eigenvalue weighted by atomic mass is 16.7. The Morgan fingerprint density at radius 2 is 2.05 bits per heavy atom. The summed E-state index contributed by atoms with van der Waals surface area (Å²) in [5.74, 6) is 1.50. The third-order valence-electron chi connectivity index (χ3n) is 2.74. The molecular formula is C13H12N2O4. The maximum absolute atomic E-state index is 11.7. The number of carbonyl (C=O) groups excluding carboxylic acids is 1. The lowest BCUT2D eigenvalue weighted by Gasteiger charge is -2.04. The first kappa shape index (κ1) is 11.5. The van der Waals surface area contributed by atoms with E-state index in [-0.39, 0.29) is 24.3 Å². The van der Waals surface area contributed by atoms with Crippen LogP contribution in [0.1, 0.15) is 16.1 Å². The van der Waals surface area contributed by atoms with Crippen molar-refractivity contribution in [3.05, 3.63) is 41.7 Å². The van der Waals surface area contributed by atoms with E-state index < -0.39 is 0 Å². The Morgan fingerprint density at radius 3 is 2.84 bits per heavy atom. The molecule has 1 aliphatic heterocycles. The average molecular weight is 260 g/mol. The molecule has 6 heteroatoms. The summed E-state index contributed by atoms with van der Waals surface area (Å²) in [6.45, 7) is 0.604. The Kier molecular flexibility index (Phi) is 2.75. The second-order valence-electron chi connectivity index (χ2n) is 4.07. The maximum Gasteiger partial charge on any atom is 0.287 e. The lowest BCUT2D eigenvalue weighted by Crippen LogP contribution is -2.22. The third-order valence-corrected chi connectivity index (χ3v) is 2.74. The molecule has 1 amide bonds. The van der Waals surface area contributed by atoms with Crippen LogP contribution in [0.3, 0.4) is 0 Å². The second kappa shape index (κ2) is 4.56. The smallest absolute Gasteiger partial charge is 0.287 e. The molecule has 2 heterocycles. The van der Waals surface area contributed by atoms with Crippen molar-refractivity contribution in [2.24, 2.45) is 0 Å². The molecule has 6 nitrogen and oxygen atoms in total. The molecule has 0 atom stereocenters. The van der Waals surface area contributed by atoms with Gasteiger partial charge in [-0.1, -0.05) is 6.07 Å². The average Bonchev–Trinajstić information content (AvgIpc) is 3.03. The van der Waals surface area contributed by atoms with E-state index >= 15 is 0 Å². The molecule has 0 aliphatic carbocycles. The first-order valence-electron chi connectivity index (χ1n) is 5.74. The van der Waals surface area contributed by atoms with Crippen LogP contribution in [-0.4, -0.2) is 12.7 Å². The summed E-state index contributed by atoms with van der Waals surface area (Å²) in [6.07, 6.45) is 0. The fourth-order valence-corrected chi connectivity index (χ4v) is 1.80. The largest absolute Gasteiger partial charge is 0.454 e. The summed E-state index contributed by atoms with van der Waals surface area (Å²) < 4.78 is 15.5. The number of amides is 1. The van der Waals surface area contributed by atoms with Crippen LogP contribution >= 0.6 is 0 Å². The van der Waals surface area contributed by atoms with Gasteiger partial charge in [0, 0.05) is 12.6 Å². The lowest BCUT2D eigenvalue weighted by molar-refractivity contribution is 0.0924. The van der Waals surface area contributed by atoms with Crippen LogP contribution in [0.4, 0.5) is 5.88 Å². The predicted octanol–water partition coefficient (Wildman–Crippen LogP) is 1.52. The number of benzene rings is 1. The molecular weight excluding hydrogens is 248 g/mol. The summed E-state index contributed by atoms with van der Waals surface area (Å²) in [7, 11) is 0. The molecule has 0 spiro atoms. The Labute approximate surface area is 109 Å². The van der Waals surface area contributed by atoms with Crippen LogP contribution in [0.15, 0.2) is 34.7 Å². The van der Waals surface area contributed by atoms with E-state index in [0.29, 0.717) is 18.0 Å². The van der Waals surface area contributed by atoms with E-state index in [1.54, 1.807) is 0 Å². The van der Waals surface area contributed by atoms with Gasteiger partial charge in [-0.15, -0.1) is 0 Å². The Hall–Kier alpha value is -2.63. The molecule has 98 valence electrons. The van der Waals surface area contributed by atoms with E-state index in [1.807, 2.05) is 18.2 Å². The number of hydrogen-bond acceptors (Lipinski definition) is 5. The molecule has 0 bridgehead atoms. The van der Waals surface area contributed by atoms with Gasteiger partial charge in [0.2, 0.25) is 6.79 Å². The van der Waals surface area contributed by atoms with Gasteiger partial charge >= 0.3 is 0 Å². The van der Waals surface area contributed by atoms with Crippen molar-refractivity contribution in [2.75, 3.05) is 12.5 Å². The van der Waals surface area contributed by atoms with Gasteiger partial charge in [0.25, 0.3) is 5.91 Å². The zero-order valence-corrected chi connectivity index (χ0v) is 10.0. The zero-order valence-electron chi connectivity index (χ0n) is 10.0. The van der Waals surface area contributed by atoms with E-state index in [4.69, 9.17) is 19.6 Å². The van der Waals surface area contributed by atoms with E-state index in [2.05, 4.69) is 5.32 Å². The molecule has 0 unspecified atom stereocenters. The van der Waals surface area contributed by atoms with Crippen LogP contribution in [0.2, 0.25) is 0 Å². The molecule has 1 aliphatic rings. The summed E-state index contributed by atoms with van der Waals surface area (Å²) >= 11 is 0. The van der Waals surface area contributed by atoms with Crippen molar-refractivity contribution in [1.29, 1.82) is 0 Å². The van der Waals surface area contributed by atoms with Crippen molar-refractivity contribution in [3.8, 4) is 11.5 Å². The first-order valence-corrected chi connectivity index (χ1v) is 5.74. The minimum atomic E-state index is -0.311. The molecule has 1 aromatic carbocycles. The van der Waals surface area contributed by atoms with Crippen LogP contribution in [0.5, 0.6) is 11.5 Å². The highest BCUT2D eigenvalue weighted by Crippen LogP contribution is 2.32. The number of furan rings is 1. The van der Waals surface area contributed by atoms with Crippen molar-refractivity contribution >= 4 is 11.8 Å².